The summed E-state index contributed by atoms with van der Waals surface area (Å²) in [6.45, 7) is 0. The minimum absolute atomic E-state index is 0.432. The summed E-state index contributed by atoms with van der Waals surface area (Å²) in [6, 6.07) is 28.4. The van der Waals surface area contributed by atoms with Gasteiger partial charge in [-0.3, -0.25) is 0 Å². The summed E-state index contributed by atoms with van der Waals surface area (Å²) in [6.07, 6.45) is 1.57. The van der Waals surface area contributed by atoms with E-state index in [0.29, 0.717) is 16.4 Å². The summed E-state index contributed by atoms with van der Waals surface area (Å²) in [5, 5.41) is 22.8. The van der Waals surface area contributed by atoms with Gasteiger partial charge in [0.15, 0.2) is 0 Å². The van der Waals surface area contributed by atoms with Gasteiger partial charge in [-0.05, 0) is 52.5 Å². The first-order chi connectivity index (χ1) is 15.2. The summed E-state index contributed by atoms with van der Waals surface area (Å²) in [7, 11) is -1.58. The molecule has 0 aliphatic heterocycles. The van der Waals surface area contributed by atoms with Gasteiger partial charge in [0, 0.05) is 27.2 Å². The van der Waals surface area contributed by atoms with Crippen LogP contribution in [0.4, 0.5) is 0 Å². The maximum atomic E-state index is 9.93. The van der Waals surface area contributed by atoms with E-state index in [9.17, 15) is 10.0 Å². The van der Waals surface area contributed by atoms with Crippen molar-refractivity contribution >= 4 is 45.4 Å². The second-order valence-electron chi connectivity index (χ2n) is 7.75. The number of fused-ring (bicyclic) bond motifs is 4. The highest BCUT2D eigenvalue weighted by atomic mass is 16.4. The van der Waals surface area contributed by atoms with Crippen LogP contribution in [0, 0.1) is 0 Å². The zero-order valence-corrected chi connectivity index (χ0v) is 16.5. The van der Waals surface area contributed by atoms with E-state index in [1.54, 1.807) is 12.3 Å². The van der Waals surface area contributed by atoms with Gasteiger partial charge in [-0.25, -0.2) is 0 Å². The maximum absolute atomic E-state index is 9.93. The highest BCUT2D eigenvalue weighted by Crippen LogP contribution is 2.38. The Labute approximate surface area is 178 Å². The Balaban J connectivity index is 1.70. The highest BCUT2D eigenvalue weighted by Gasteiger charge is 2.19. The van der Waals surface area contributed by atoms with Gasteiger partial charge in [0.1, 0.15) is 5.58 Å². The Morgan fingerprint density at radius 3 is 2.29 bits per heavy atom. The zero-order valence-electron chi connectivity index (χ0n) is 16.5. The Kier molecular flexibility index (Phi) is 4.00. The van der Waals surface area contributed by atoms with Crippen molar-refractivity contribution in [3.63, 3.8) is 0 Å². The lowest BCUT2D eigenvalue weighted by atomic mass is 9.76. The molecular weight excluding hydrogens is 385 g/mol. The fourth-order valence-corrected chi connectivity index (χ4v) is 4.44. The summed E-state index contributed by atoms with van der Waals surface area (Å²) in [5.41, 5.74) is 7.28. The smallest absolute Gasteiger partial charge is 0.464 e. The number of hydrogen-bond donors (Lipinski definition) is 3. The lowest BCUT2D eigenvalue weighted by molar-refractivity contribution is 0.426. The van der Waals surface area contributed by atoms with Crippen LogP contribution >= 0.6 is 0 Å². The van der Waals surface area contributed by atoms with Crippen LogP contribution in [0.3, 0.4) is 0 Å². The number of aromatic amines is 1. The van der Waals surface area contributed by atoms with Gasteiger partial charge >= 0.3 is 7.12 Å². The lowest BCUT2D eigenvalue weighted by Gasteiger charge is -2.11. The molecule has 0 aliphatic rings. The Morgan fingerprint density at radius 1 is 0.677 bits per heavy atom. The SMILES string of the molecule is OB(O)c1cc(-c2cc(-c3ccccc3)c3[nH]c4ccccc4c3c2)cc2occc12. The van der Waals surface area contributed by atoms with E-state index in [0.717, 1.165) is 44.1 Å². The number of hydrogen-bond acceptors (Lipinski definition) is 3. The van der Waals surface area contributed by atoms with Crippen molar-refractivity contribution in [2.45, 2.75) is 0 Å². The van der Waals surface area contributed by atoms with Gasteiger partial charge in [-0.15, -0.1) is 0 Å². The largest absolute Gasteiger partial charge is 0.489 e. The molecule has 3 N–H and O–H groups in total. The molecule has 148 valence electrons. The van der Waals surface area contributed by atoms with Crippen molar-refractivity contribution < 1.29 is 14.5 Å². The molecule has 0 atom stereocenters. The summed E-state index contributed by atoms with van der Waals surface area (Å²) < 4.78 is 5.60. The Hall–Kier alpha value is -3.80. The van der Waals surface area contributed by atoms with E-state index in [-0.39, 0.29) is 0 Å². The van der Waals surface area contributed by atoms with Crippen molar-refractivity contribution in [1.29, 1.82) is 0 Å². The lowest BCUT2D eigenvalue weighted by Crippen LogP contribution is -2.30. The minimum atomic E-state index is -1.58. The molecule has 0 fully saturated rings. The second kappa shape index (κ2) is 6.88. The molecule has 5 heteroatoms. The predicted molar refractivity (Wildman–Crippen MR) is 126 cm³/mol. The van der Waals surface area contributed by atoms with E-state index < -0.39 is 7.12 Å². The van der Waals surface area contributed by atoms with E-state index in [4.69, 9.17) is 4.42 Å². The molecule has 31 heavy (non-hydrogen) atoms. The summed E-state index contributed by atoms with van der Waals surface area (Å²) >= 11 is 0. The molecule has 2 heterocycles. The van der Waals surface area contributed by atoms with Gasteiger partial charge in [0.25, 0.3) is 0 Å². The average Bonchev–Trinajstić information content (AvgIpc) is 3.42. The molecule has 0 saturated carbocycles. The molecule has 4 aromatic carbocycles. The normalized spacial score (nSPS) is 11.5. The van der Waals surface area contributed by atoms with Crippen molar-refractivity contribution in [1.82, 2.24) is 4.98 Å². The zero-order chi connectivity index (χ0) is 20.9. The minimum Gasteiger partial charge on any atom is -0.464 e. The Morgan fingerprint density at radius 2 is 1.45 bits per heavy atom. The van der Waals surface area contributed by atoms with E-state index in [1.807, 2.05) is 42.5 Å². The van der Waals surface area contributed by atoms with Gasteiger partial charge < -0.3 is 19.4 Å². The Bertz CT molecular complexity index is 1560. The molecule has 0 unspecified atom stereocenters. The van der Waals surface area contributed by atoms with Crippen molar-refractivity contribution in [3.8, 4) is 22.3 Å². The van der Waals surface area contributed by atoms with Crippen LogP contribution in [0.5, 0.6) is 0 Å². The van der Waals surface area contributed by atoms with E-state index in [1.165, 1.54) is 0 Å². The number of para-hydroxylation sites is 1. The molecule has 0 spiro atoms. The first-order valence-corrected chi connectivity index (χ1v) is 10.2. The van der Waals surface area contributed by atoms with Gasteiger partial charge in [0.05, 0.1) is 11.8 Å². The van der Waals surface area contributed by atoms with Crippen LogP contribution in [-0.4, -0.2) is 22.2 Å². The van der Waals surface area contributed by atoms with E-state index >= 15 is 0 Å². The number of rotatable bonds is 3. The quantitative estimate of drug-likeness (QED) is 0.361. The van der Waals surface area contributed by atoms with Crippen LogP contribution < -0.4 is 5.46 Å². The number of benzene rings is 4. The highest BCUT2D eigenvalue weighted by molar-refractivity contribution is 6.62. The molecule has 0 bridgehead atoms. The fourth-order valence-electron chi connectivity index (χ4n) is 4.44. The second-order valence-corrected chi connectivity index (χ2v) is 7.75. The molecule has 0 radical (unpaired) electrons. The van der Waals surface area contributed by atoms with Gasteiger partial charge in [0.2, 0.25) is 0 Å². The molecular formula is C26H18BNO3. The molecule has 0 aliphatic carbocycles. The first-order valence-electron chi connectivity index (χ1n) is 10.2. The molecule has 6 aromatic rings. The number of H-pyrrole nitrogens is 1. The number of aromatic nitrogens is 1. The number of furan rings is 1. The summed E-state index contributed by atoms with van der Waals surface area (Å²) in [4.78, 5) is 3.58. The topological polar surface area (TPSA) is 69.4 Å². The molecule has 0 amide bonds. The van der Waals surface area contributed by atoms with Crippen molar-refractivity contribution in [2.24, 2.45) is 0 Å². The standard InChI is InChI=1S/C26H18BNO3/c29-27(30)23-14-18(15-25-20(23)10-11-31-25)17-12-21(16-6-2-1-3-7-16)26-22(13-17)19-8-4-5-9-24(19)28-26/h1-15,28-30H. The van der Waals surface area contributed by atoms with Crippen LogP contribution in [0.1, 0.15) is 0 Å². The average molecular weight is 403 g/mol. The monoisotopic (exact) mass is 403 g/mol. The molecule has 0 saturated heterocycles. The van der Waals surface area contributed by atoms with Crippen LogP contribution in [0.25, 0.3) is 55.0 Å². The van der Waals surface area contributed by atoms with Gasteiger partial charge in [-0.1, -0.05) is 54.6 Å². The molecule has 6 rings (SSSR count). The third-order valence-corrected chi connectivity index (χ3v) is 5.92. The molecule has 2 aromatic heterocycles. The maximum Gasteiger partial charge on any atom is 0.489 e. The predicted octanol–water partition coefficient (Wildman–Crippen LogP) is 5.08. The first kappa shape index (κ1) is 18.0. The fraction of sp³-hybridized carbons (Fsp3) is 0. The third kappa shape index (κ3) is 2.86. The van der Waals surface area contributed by atoms with Crippen molar-refractivity contribution in [2.75, 3.05) is 0 Å². The van der Waals surface area contributed by atoms with Crippen LogP contribution in [0.15, 0.2) is 95.6 Å². The van der Waals surface area contributed by atoms with Crippen LogP contribution in [0.2, 0.25) is 0 Å². The van der Waals surface area contributed by atoms with Crippen molar-refractivity contribution in [3.05, 3.63) is 91.2 Å². The van der Waals surface area contributed by atoms with Gasteiger partial charge in [-0.2, -0.15) is 0 Å². The molecule has 4 nitrogen and oxygen atoms in total. The third-order valence-electron chi connectivity index (χ3n) is 5.92. The van der Waals surface area contributed by atoms with Crippen LogP contribution in [-0.2, 0) is 0 Å². The number of nitrogens with one attached hydrogen (secondary N) is 1. The summed E-state index contributed by atoms with van der Waals surface area (Å²) in [5.74, 6) is 0. The van der Waals surface area contributed by atoms with E-state index in [2.05, 4.69) is 41.4 Å².